The zero-order chi connectivity index (χ0) is 57.9. The molecule has 0 spiro atoms. The highest BCUT2D eigenvalue weighted by Gasteiger charge is 2.22. The molecule has 7 aromatic carbocycles. The number of carbonyl (C=O) groups is 4. The Kier molecular flexibility index (Phi) is 24.6. The molecule has 11 heteroatoms. The van der Waals surface area contributed by atoms with Gasteiger partial charge in [0.15, 0.2) is 34.6 Å². The minimum absolute atomic E-state index is 0.195. The number of benzene rings is 7. The van der Waals surface area contributed by atoms with E-state index in [0.29, 0.717) is 0 Å². The van der Waals surface area contributed by atoms with Crippen molar-refractivity contribution in [3.63, 3.8) is 0 Å². The molecule has 0 aliphatic heterocycles. The van der Waals surface area contributed by atoms with Gasteiger partial charge < -0.3 is 18.9 Å². The molecule has 0 radical (unpaired) electrons. The second-order valence-corrected chi connectivity index (χ2v) is 21.0. The maximum atomic E-state index is 15.3. The van der Waals surface area contributed by atoms with Crippen LogP contribution in [0.5, 0.6) is 23.0 Å². The molecule has 0 saturated carbocycles. The number of halogens is 2. The van der Waals surface area contributed by atoms with Gasteiger partial charge in [0.25, 0.3) is 0 Å². The first-order chi connectivity index (χ1) is 40.0. The molecular formula is C71H75F2NO8. The average Bonchev–Trinajstić information content (AvgIpc) is 3.50. The first-order valence-corrected chi connectivity index (χ1v) is 29.4. The van der Waals surface area contributed by atoms with Gasteiger partial charge in [-0.3, -0.25) is 0 Å². The summed E-state index contributed by atoms with van der Waals surface area (Å²) in [6.45, 7) is 4.49. The standard InChI is InChI=1S/C71H75F2NO8/c1-3-5-7-9-11-13-15-17-19-21-24-51-28-32-53(33-29-51)55-36-40-57(41-37-55)68(75)81-66-46-44-59(48-62(66)72)70(77)79-64-26-23-27-65(61(64)50-74)80-71(78)60-45-47-67(63(73)49-60)82-69(76)58-42-38-56(39-43-58)54-34-30-52(31-35-54)25-22-20-18-16-14-12-10-8-6-4-2/h23,26-49H,3-22,24-25H2,1-2H3. The summed E-state index contributed by atoms with van der Waals surface area (Å²) in [5.41, 5.74) is 5.88. The molecule has 0 aromatic heterocycles. The number of esters is 4. The smallest absolute Gasteiger partial charge is 0.343 e. The number of hydrogen-bond donors (Lipinski definition) is 0. The van der Waals surface area contributed by atoms with Crippen LogP contribution in [-0.4, -0.2) is 23.9 Å². The van der Waals surface area contributed by atoms with Crippen LogP contribution < -0.4 is 18.9 Å². The topological polar surface area (TPSA) is 129 Å². The molecule has 0 unspecified atom stereocenters. The SMILES string of the molecule is CCCCCCCCCCCCc1ccc(-c2ccc(C(=O)Oc3ccc(C(=O)Oc4cccc(OC(=O)c5ccc(OC(=O)c6ccc(-c7ccc(CCCCCCCCCCCC)cc7)cc6)c(F)c5)c4C#N)cc3F)cc2)cc1. The lowest BCUT2D eigenvalue weighted by molar-refractivity contribution is 0.0716. The molecule has 0 saturated heterocycles. The van der Waals surface area contributed by atoms with Crippen LogP contribution in [0.4, 0.5) is 8.78 Å². The van der Waals surface area contributed by atoms with Crippen molar-refractivity contribution in [3.8, 4) is 51.3 Å². The van der Waals surface area contributed by atoms with Gasteiger partial charge in [-0.15, -0.1) is 0 Å². The predicted octanol–water partition coefficient (Wildman–Crippen LogP) is 19.0. The first-order valence-electron chi connectivity index (χ1n) is 29.4. The monoisotopic (exact) mass is 1110 g/mol. The van der Waals surface area contributed by atoms with Gasteiger partial charge in [0, 0.05) is 0 Å². The van der Waals surface area contributed by atoms with E-state index in [1.165, 1.54) is 170 Å². The van der Waals surface area contributed by atoms with E-state index in [2.05, 4.69) is 62.4 Å². The van der Waals surface area contributed by atoms with Gasteiger partial charge in [0.2, 0.25) is 0 Å². The molecule has 0 atom stereocenters. The van der Waals surface area contributed by atoms with E-state index in [4.69, 9.17) is 18.9 Å². The zero-order valence-corrected chi connectivity index (χ0v) is 47.5. The molecular weight excluding hydrogens is 1030 g/mol. The quantitative estimate of drug-likeness (QED) is 0.0230. The highest BCUT2D eigenvalue weighted by molar-refractivity contribution is 5.95. The van der Waals surface area contributed by atoms with E-state index < -0.39 is 47.0 Å². The zero-order valence-electron chi connectivity index (χ0n) is 47.5. The third-order valence-electron chi connectivity index (χ3n) is 14.7. The molecule has 0 heterocycles. The van der Waals surface area contributed by atoms with E-state index in [1.807, 2.05) is 6.07 Å². The van der Waals surface area contributed by atoms with Gasteiger partial charge in [-0.25, -0.2) is 28.0 Å². The maximum absolute atomic E-state index is 15.3. The van der Waals surface area contributed by atoms with Gasteiger partial charge in [-0.05, 0) is 132 Å². The Morgan fingerprint density at radius 3 is 0.951 bits per heavy atom. The Morgan fingerprint density at radius 2 is 0.634 bits per heavy atom. The lowest BCUT2D eigenvalue weighted by atomic mass is 10.00. The molecule has 7 aromatic rings. The Morgan fingerprint density at radius 1 is 0.354 bits per heavy atom. The number of hydrogen-bond acceptors (Lipinski definition) is 9. The first kappa shape index (κ1) is 61.4. The van der Waals surface area contributed by atoms with Crippen LogP contribution in [0.2, 0.25) is 0 Å². The van der Waals surface area contributed by atoms with Crippen molar-refractivity contribution in [1.82, 2.24) is 0 Å². The molecule has 82 heavy (non-hydrogen) atoms. The highest BCUT2D eigenvalue weighted by Crippen LogP contribution is 2.31. The third kappa shape index (κ3) is 18.9. The van der Waals surface area contributed by atoms with Crippen LogP contribution in [0, 0.1) is 23.0 Å². The Bertz CT molecular complexity index is 3010. The molecule has 0 bridgehead atoms. The number of nitriles is 1. The van der Waals surface area contributed by atoms with Gasteiger partial charge in [-0.1, -0.05) is 208 Å². The van der Waals surface area contributed by atoms with E-state index in [9.17, 15) is 24.4 Å². The average molecular weight is 1110 g/mol. The summed E-state index contributed by atoms with van der Waals surface area (Å²) in [5.74, 6) is -7.25. The fourth-order valence-corrected chi connectivity index (χ4v) is 9.81. The fourth-order valence-electron chi connectivity index (χ4n) is 9.81. The van der Waals surface area contributed by atoms with E-state index >= 15 is 8.78 Å². The van der Waals surface area contributed by atoms with Gasteiger partial charge >= 0.3 is 23.9 Å². The van der Waals surface area contributed by atoms with Crippen LogP contribution in [0.1, 0.15) is 200 Å². The van der Waals surface area contributed by atoms with Crippen LogP contribution in [-0.2, 0) is 12.8 Å². The molecule has 426 valence electrons. The van der Waals surface area contributed by atoms with E-state index in [1.54, 1.807) is 48.5 Å². The number of unbranched alkanes of at least 4 members (excludes halogenated alkanes) is 18. The van der Waals surface area contributed by atoms with Crippen molar-refractivity contribution < 1.29 is 46.9 Å². The normalized spacial score (nSPS) is 11.0. The van der Waals surface area contributed by atoms with Crippen molar-refractivity contribution in [2.75, 3.05) is 0 Å². The summed E-state index contributed by atoms with van der Waals surface area (Å²) in [4.78, 5) is 52.6. The van der Waals surface area contributed by atoms with Crippen molar-refractivity contribution in [3.05, 3.63) is 202 Å². The molecule has 7 rings (SSSR count). The lowest BCUT2D eigenvalue weighted by Crippen LogP contribution is -2.14. The minimum atomic E-state index is -1.07. The third-order valence-corrected chi connectivity index (χ3v) is 14.7. The van der Waals surface area contributed by atoms with Gasteiger partial charge in [-0.2, -0.15) is 5.26 Å². The number of carbonyl (C=O) groups excluding carboxylic acids is 4. The van der Waals surface area contributed by atoms with Gasteiger partial charge in [0.05, 0.1) is 22.3 Å². The lowest BCUT2D eigenvalue weighted by Gasteiger charge is -2.12. The van der Waals surface area contributed by atoms with E-state index in [-0.39, 0.29) is 39.3 Å². The summed E-state index contributed by atoms with van der Waals surface area (Å²) in [7, 11) is 0. The Hall–Kier alpha value is -8.23. The van der Waals surface area contributed by atoms with Crippen LogP contribution in [0.3, 0.4) is 0 Å². The fraction of sp³-hybridized carbons (Fsp3) is 0.338. The molecule has 0 amide bonds. The predicted molar refractivity (Wildman–Crippen MR) is 319 cm³/mol. The number of ether oxygens (including phenoxy) is 4. The van der Waals surface area contributed by atoms with E-state index in [0.717, 1.165) is 59.4 Å². The van der Waals surface area contributed by atoms with Crippen LogP contribution >= 0.6 is 0 Å². The molecule has 0 fully saturated rings. The Balaban J connectivity index is 0.849. The second kappa shape index (κ2) is 32.9. The van der Waals surface area contributed by atoms with Crippen molar-refractivity contribution in [2.45, 2.75) is 155 Å². The molecule has 9 nitrogen and oxygen atoms in total. The summed E-state index contributed by atoms with van der Waals surface area (Å²) in [6, 6.07) is 42.4. The summed E-state index contributed by atoms with van der Waals surface area (Å²) in [6.07, 6.45) is 28.1. The largest absolute Gasteiger partial charge is 0.421 e. The summed E-state index contributed by atoms with van der Waals surface area (Å²) in [5, 5.41) is 10.0. The molecule has 0 aliphatic carbocycles. The second-order valence-electron chi connectivity index (χ2n) is 21.0. The number of rotatable bonds is 32. The maximum Gasteiger partial charge on any atom is 0.343 e. The van der Waals surface area contributed by atoms with Gasteiger partial charge in [0.1, 0.15) is 11.6 Å². The van der Waals surface area contributed by atoms with Crippen molar-refractivity contribution in [2.24, 2.45) is 0 Å². The Labute approximate surface area is 482 Å². The van der Waals surface area contributed by atoms with Crippen molar-refractivity contribution >= 4 is 23.9 Å². The number of aryl methyl sites for hydroxylation is 2. The summed E-state index contributed by atoms with van der Waals surface area (Å²) < 4.78 is 52.3. The van der Waals surface area contributed by atoms with Crippen LogP contribution in [0.25, 0.3) is 22.3 Å². The van der Waals surface area contributed by atoms with Crippen molar-refractivity contribution in [1.29, 1.82) is 5.26 Å². The summed E-state index contributed by atoms with van der Waals surface area (Å²) >= 11 is 0. The van der Waals surface area contributed by atoms with Crippen LogP contribution in [0.15, 0.2) is 152 Å². The number of nitrogens with zero attached hydrogens (tertiary/aromatic N) is 1. The molecule has 0 aliphatic rings. The minimum Gasteiger partial charge on any atom is -0.421 e. The molecule has 0 N–H and O–H groups in total. The highest BCUT2D eigenvalue weighted by atomic mass is 19.1.